The first kappa shape index (κ1) is 62.6. The minimum Gasteiger partial charge on any atom is -0.394 e. The van der Waals surface area contributed by atoms with Crippen LogP contribution in [0, 0.1) is 0 Å². The van der Waals surface area contributed by atoms with E-state index in [1.807, 2.05) is 6.08 Å². The third kappa shape index (κ3) is 27.3. The number of rotatable bonds is 43. The van der Waals surface area contributed by atoms with Gasteiger partial charge < -0.3 is 65.1 Å². The molecule has 0 aromatic carbocycles. The molecule has 2 fully saturated rings. The number of carbonyl (C=O) groups is 1. The van der Waals surface area contributed by atoms with E-state index >= 15 is 0 Å². The maximum atomic E-state index is 13.2. The standard InChI is InChI=1S/C54H101NO13/c1-3-5-7-9-11-13-15-17-18-19-20-21-22-23-24-26-28-30-32-34-36-38-46(59)55-42(43(58)37-35-33-31-29-27-25-16-14-12-10-8-6-4-2)41-65-53-51(64)49(62)52(45(40-57)67-53)68-54-50(63)48(61)47(60)44(39-56)66-54/h17-18,35,37,42-45,47-54,56-58,60-64H,3-16,19-34,36,38-41H2,1-2H3,(H,55,59)/b18-17-,37-35+/t42-,43+,44?,45?,47-,48-,49+,50?,51?,52-,53+,54-/m0/s1. The molecular formula is C54H101NO13. The molecule has 68 heavy (non-hydrogen) atoms. The molecule has 2 saturated heterocycles. The number of carbonyl (C=O) groups excluding carboxylic acids is 1. The van der Waals surface area contributed by atoms with Crippen molar-refractivity contribution in [1.29, 1.82) is 0 Å². The van der Waals surface area contributed by atoms with Gasteiger partial charge in [-0.1, -0.05) is 192 Å². The number of hydrogen-bond acceptors (Lipinski definition) is 13. The summed E-state index contributed by atoms with van der Waals surface area (Å²) in [5.41, 5.74) is 0. The summed E-state index contributed by atoms with van der Waals surface area (Å²) >= 11 is 0. The zero-order chi connectivity index (χ0) is 49.6. The fourth-order valence-corrected chi connectivity index (χ4v) is 9.11. The molecule has 4 unspecified atom stereocenters. The second-order valence-corrected chi connectivity index (χ2v) is 19.7. The van der Waals surface area contributed by atoms with Crippen molar-refractivity contribution >= 4 is 5.91 Å². The maximum absolute atomic E-state index is 13.2. The largest absolute Gasteiger partial charge is 0.394 e. The van der Waals surface area contributed by atoms with Gasteiger partial charge >= 0.3 is 0 Å². The van der Waals surface area contributed by atoms with E-state index < -0.39 is 86.8 Å². The molecule has 14 heteroatoms. The van der Waals surface area contributed by atoms with Gasteiger partial charge in [-0.05, 0) is 44.9 Å². The van der Waals surface area contributed by atoms with Crippen LogP contribution < -0.4 is 5.32 Å². The van der Waals surface area contributed by atoms with E-state index in [-0.39, 0.29) is 18.9 Å². The molecule has 9 N–H and O–H groups in total. The lowest BCUT2D eigenvalue weighted by Gasteiger charge is -2.46. The highest BCUT2D eigenvalue weighted by Gasteiger charge is 2.51. The van der Waals surface area contributed by atoms with Gasteiger partial charge in [0.15, 0.2) is 12.6 Å². The smallest absolute Gasteiger partial charge is 0.220 e. The van der Waals surface area contributed by atoms with E-state index in [2.05, 4.69) is 31.3 Å². The van der Waals surface area contributed by atoms with Crippen molar-refractivity contribution in [3.8, 4) is 0 Å². The Morgan fingerprint density at radius 1 is 0.515 bits per heavy atom. The zero-order valence-electron chi connectivity index (χ0n) is 42.6. The topological polar surface area (TPSA) is 228 Å². The van der Waals surface area contributed by atoms with Gasteiger partial charge in [0.25, 0.3) is 0 Å². The molecule has 0 aromatic rings. The van der Waals surface area contributed by atoms with Crippen LogP contribution in [0.5, 0.6) is 0 Å². The fraction of sp³-hybridized carbons (Fsp3) is 0.907. The van der Waals surface area contributed by atoms with Gasteiger partial charge in [-0.15, -0.1) is 0 Å². The molecule has 0 aliphatic carbocycles. The van der Waals surface area contributed by atoms with Crippen LogP contribution in [0.2, 0.25) is 0 Å². The second kappa shape index (κ2) is 41.0. The van der Waals surface area contributed by atoms with Crippen molar-refractivity contribution in [2.45, 2.75) is 293 Å². The van der Waals surface area contributed by atoms with Crippen molar-refractivity contribution < 1.29 is 64.6 Å². The molecule has 2 rings (SSSR count). The van der Waals surface area contributed by atoms with Crippen molar-refractivity contribution in [3.05, 3.63) is 24.3 Å². The van der Waals surface area contributed by atoms with E-state index in [9.17, 15) is 45.6 Å². The number of ether oxygens (including phenoxy) is 4. The Kier molecular flexibility index (Phi) is 37.7. The van der Waals surface area contributed by atoms with E-state index in [4.69, 9.17) is 18.9 Å². The molecule has 0 saturated carbocycles. The SMILES string of the molecule is CCCCCCCC/C=C\CCCCCCCCCCCCCC(=O)N[C@@H](CO[C@@H]1OC(CO)[C@H](O[C@@H]2OC(CO)[C@H](O)[C@H](O)C2O)[C@H](O)C1O)[C@H](O)/C=C/CCCCCCCCCCCCC. The highest BCUT2D eigenvalue weighted by molar-refractivity contribution is 5.76. The predicted octanol–water partition coefficient (Wildman–Crippen LogP) is 8.11. The average molecular weight is 972 g/mol. The number of hydrogen-bond donors (Lipinski definition) is 9. The summed E-state index contributed by atoms with van der Waals surface area (Å²) < 4.78 is 22.7. The molecule has 1 amide bonds. The third-order valence-corrected chi connectivity index (χ3v) is 13.6. The van der Waals surface area contributed by atoms with Crippen LogP contribution in [0.3, 0.4) is 0 Å². The molecule has 0 spiro atoms. The van der Waals surface area contributed by atoms with Gasteiger partial charge in [0.2, 0.25) is 5.91 Å². The van der Waals surface area contributed by atoms with Crippen molar-refractivity contribution in [2.24, 2.45) is 0 Å². The first-order chi connectivity index (χ1) is 33.1. The van der Waals surface area contributed by atoms with E-state index in [0.29, 0.717) is 6.42 Å². The number of aliphatic hydroxyl groups is 8. The Hall–Kier alpha value is -1.53. The normalized spacial score (nSPS) is 26.5. The lowest BCUT2D eigenvalue weighted by atomic mass is 9.97. The van der Waals surface area contributed by atoms with E-state index in [1.165, 1.54) is 154 Å². The summed E-state index contributed by atoms with van der Waals surface area (Å²) in [6.45, 7) is 2.79. The molecule has 2 heterocycles. The van der Waals surface area contributed by atoms with Crippen LogP contribution in [0.25, 0.3) is 0 Å². The quantitative estimate of drug-likeness (QED) is 0.0208. The molecule has 2 aliphatic rings. The Balaban J connectivity index is 1.78. The minimum atomic E-state index is -1.79. The zero-order valence-corrected chi connectivity index (χ0v) is 42.6. The van der Waals surface area contributed by atoms with Crippen LogP contribution in [0.4, 0.5) is 0 Å². The number of aliphatic hydroxyl groups excluding tert-OH is 8. The number of allylic oxidation sites excluding steroid dienone is 3. The summed E-state index contributed by atoms with van der Waals surface area (Å²) in [4.78, 5) is 13.2. The lowest BCUT2D eigenvalue weighted by Crippen LogP contribution is -2.65. The van der Waals surface area contributed by atoms with Gasteiger partial charge in [0.05, 0.1) is 32.0 Å². The van der Waals surface area contributed by atoms with Gasteiger partial charge in [0, 0.05) is 6.42 Å². The number of unbranched alkanes of at least 4 members (excludes halogenated alkanes) is 28. The molecule has 2 aliphatic heterocycles. The van der Waals surface area contributed by atoms with Gasteiger partial charge in [-0.3, -0.25) is 4.79 Å². The van der Waals surface area contributed by atoms with Crippen molar-refractivity contribution in [2.75, 3.05) is 19.8 Å². The molecule has 0 aromatic heterocycles. The van der Waals surface area contributed by atoms with Gasteiger partial charge in [0.1, 0.15) is 48.8 Å². The Labute approximate surface area is 411 Å². The lowest BCUT2D eigenvalue weighted by molar-refractivity contribution is -0.359. The van der Waals surface area contributed by atoms with Crippen LogP contribution in [-0.4, -0.2) is 140 Å². The summed E-state index contributed by atoms with van der Waals surface area (Å²) in [6, 6.07) is -0.911. The fourth-order valence-electron chi connectivity index (χ4n) is 9.11. The summed E-state index contributed by atoms with van der Waals surface area (Å²) in [6.07, 6.45) is 29.3. The van der Waals surface area contributed by atoms with Crippen molar-refractivity contribution in [3.63, 3.8) is 0 Å². The van der Waals surface area contributed by atoms with Crippen LogP contribution >= 0.6 is 0 Å². The Bertz CT molecular complexity index is 1240. The molecule has 14 nitrogen and oxygen atoms in total. The Morgan fingerprint density at radius 3 is 1.40 bits per heavy atom. The highest BCUT2D eigenvalue weighted by atomic mass is 16.7. The maximum Gasteiger partial charge on any atom is 0.220 e. The number of amides is 1. The molecular weight excluding hydrogens is 871 g/mol. The number of nitrogens with one attached hydrogen (secondary N) is 1. The molecule has 12 atom stereocenters. The van der Waals surface area contributed by atoms with E-state index in [0.717, 1.165) is 38.5 Å². The second-order valence-electron chi connectivity index (χ2n) is 19.7. The highest BCUT2D eigenvalue weighted by Crippen LogP contribution is 2.30. The molecule has 400 valence electrons. The summed E-state index contributed by atoms with van der Waals surface area (Å²) in [5.74, 6) is -0.240. The van der Waals surface area contributed by atoms with Gasteiger partial charge in [-0.2, -0.15) is 0 Å². The summed E-state index contributed by atoms with van der Waals surface area (Å²) in [7, 11) is 0. The first-order valence-electron chi connectivity index (χ1n) is 27.6. The van der Waals surface area contributed by atoms with Gasteiger partial charge in [-0.25, -0.2) is 0 Å². The molecule has 0 bridgehead atoms. The van der Waals surface area contributed by atoms with E-state index in [1.54, 1.807) is 6.08 Å². The predicted molar refractivity (Wildman–Crippen MR) is 268 cm³/mol. The first-order valence-corrected chi connectivity index (χ1v) is 27.6. The average Bonchev–Trinajstić information content (AvgIpc) is 3.34. The molecule has 0 radical (unpaired) electrons. The Morgan fingerprint density at radius 2 is 0.926 bits per heavy atom. The monoisotopic (exact) mass is 972 g/mol. The minimum absolute atomic E-state index is 0.240. The summed E-state index contributed by atoms with van der Waals surface area (Å²) in [5, 5.41) is 86.8. The van der Waals surface area contributed by atoms with Crippen molar-refractivity contribution in [1.82, 2.24) is 5.32 Å². The van der Waals surface area contributed by atoms with Crippen LogP contribution in [0.1, 0.15) is 219 Å². The van der Waals surface area contributed by atoms with Crippen LogP contribution in [0.15, 0.2) is 24.3 Å². The third-order valence-electron chi connectivity index (χ3n) is 13.6. The van der Waals surface area contributed by atoms with Crippen LogP contribution in [-0.2, 0) is 23.7 Å².